The van der Waals surface area contributed by atoms with Crippen molar-refractivity contribution in [1.29, 1.82) is 0 Å². The van der Waals surface area contributed by atoms with Gasteiger partial charge in [0.15, 0.2) is 0 Å². The molecular formula is C22H38N2O6. The van der Waals surface area contributed by atoms with Crippen molar-refractivity contribution in [3.05, 3.63) is 0 Å². The molecule has 1 rings (SSSR count). The summed E-state index contributed by atoms with van der Waals surface area (Å²) >= 11 is 0. The molecule has 1 saturated heterocycles. The van der Waals surface area contributed by atoms with E-state index in [2.05, 4.69) is 10.6 Å². The van der Waals surface area contributed by atoms with Gasteiger partial charge in [0.2, 0.25) is 11.8 Å². The van der Waals surface area contributed by atoms with Gasteiger partial charge in [0.1, 0.15) is 13.2 Å². The Kier molecular flexibility index (Phi) is 13.5. The largest absolute Gasteiger partial charge is 0.463 e. The van der Waals surface area contributed by atoms with Crippen LogP contribution in [-0.4, -0.2) is 49.1 Å². The monoisotopic (exact) mass is 426 g/mol. The molecule has 8 heteroatoms. The van der Waals surface area contributed by atoms with Crippen LogP contribution in [0.4, 0.5) is 0 Å². The van der Waals surface area contributed by atoms with Gasteiger partial charge in [-0.25, -0.2) is 0 Å². The molecule has 0 spiro atoms. The van der Waals surface area contributed by atoms with E-state index in [1.165, 1.54) is 0 Å². The van der Waals surface area contributed by atoms with E-state index in [0.29, 0.717) is 64.2 Å². The lowest BCUT2D eigenvalue weighted by Crippen LogP contribution is -2.38. The quantitative estimate of drug-likeness (QED) is 0.657. The maximum absolute atomic E-state index is 12.1. The van der Waals surface area contributed by atoms with Crippen LogP contribution in [0.1, 0.15) is 90.9 Å². The molecule has 1 aliphatic heterocycles. The molecule has 1 fully saturated rings. The standard InChI is InChI=1S/C22H38N2O6/c1-3-17-15-29-21(27)13-9-6-8-12-20(26)24-18(4-2)16-30-22(28)14-10-5-7-11-19(25)23-17/h17-18H,3-16H2,1-2H3,(H,23,25)(H,24,26). The van der Waals surface area contributed by atoms with Gasteiger partial charge in [0.25, 0.3) is 0 Å². The highest BCUT2D eigenvalue weighted by molar-refractivity contribution is 5.77. The highest BCUT2D eigenvalue weighted by Gasteiger charge is 2.15. The third-order valence-corrected chi connectivity index (χ3v) is 5.18. The minimum Gasteiger partial charge on any atom is -0.463 e. The Morgan fingerprint density at radius 1 is 0.633 bits per heavy atom. The number of ether oxygens (including phenoxy) is 2. The Labute approximate surface area is 179 Å². The molecule has 1 aliphatic rings. The van der Waals surface area contributed by atoms with Crippen molar-refractivity contribution in [1.82, 2.24) is 10.6 Å². The average molecular weight is 427 g/mol. The Morgan fingerprint density at radius 2 is 1.00 bits per heavy atom. The summed E-state index contributed by atoms with van der Waals surface area (Å²) < 4.78 is 10.6. The number of carbonyl (C=O) groups is 4. The average Bonchev–Trinajstić information content (AvgIpc) is 2.72. The van der Waals surface area contributed by atoms with E-state index in [4.69, 9.17) is 9.47 Å². The molecule has 0 radical (unpaired) electrons. The van der Waals surface area contributed by atoms with Gasteiger partial charge in [-0.1, -0.05) is 26.7 Å². The number of cyclic esters (lactones) is 2. The zero-order chi connectivity index (χ0) is 22.2. The molecule has 172 valence electrons. The molecule has 30 heavy (non-hydrogen) atoms. The highest BCUT2D eigenvalue weighted by Crippen LogP contribution is 2.08. The maximum atomic E-state index is 12.1. The van der Waals surface area contributed by atoms with Gasteiger partial charge in [-0.15, -0.1) is 0 Å². The zero-order valence-electron chi connectivity index (χ0n) is 18.5. The molecule has 0 aromatic heterocycles. The lowest BCUT2D eigenvalue weighted by Gasteiger charge is -2.18. The lowest BCUT2D eigenvalue weighted by atomic mass is 10.1. The van der Waals surface area contributed by atoms with E-state index in [9.17, 15) is 19.2 Å². The number of amides is 2. The topological polar surface area (TPSA) is 111 Å². The number of hydrogen-bond acceptors (Lipinski definition) is 6. The van der Waals surface area contributed by atoms with E-state index in [1.807, 2.05) is 13.8 Å². The van der Waals surface area contributed by atoms with Crippen LogP contribution < -0.4 is 10.6 Å². The fraction of sp³-hybridized carbons (Fsp3) is 0.818. The molecule has 0 aromatic carbocycles. The van der Waals surface area contributed by atoms with E-state index in [1.54, 1.807) is 0 Å². The minimum absolute atomic E-state index is 0.0656. The van der Waals surface area contributed by atoms with Gasteiger partial charge < -0.3 is 20.1 Å². The predicted octanol–water partition coefficient (Wildman–Crippen LogP) is 2.78. The first kappa shape index (κ1) is 25.9. The van der Waals surface area contributed by atoms with Crippen molar-refractivity contribution in [2.24, 2.45) is 0 Å². The fourth-order valence-corrected chi connectivity index (χ4v) is 3.12. The molecule has 8 nitrogen and oxygen atoms in total. The SMILES string of the molecule is CCC1COC(=O)CCCCCC(=O)NC(CC)COC(=O)CCCCCC(=O)N1. The maximum Gasteiger partial charge on any atom is 0.305 e. The molecule has 0 aliphatic carbocycles. The summed E-state index contributed by atoms with van der Waals surface area (Å²) in [4.78, 5) is 47.9. The molecule has 0 saturated carbocycles. The number of carbonyl (C=O) groups excluding carboxylic acids is 4. The fourth-order valence-electron chi connectivity index (χ4n) is 3.12. The number of nitrogens with one attached hydrogen (secondary N) is 2. The van der Waals surface area contributed by atoms with Crippen LogP contribution in [0.15, 0.2) is 0 Å². The van der Waals surface area contributed by atoms with Gasteiger partial charge in [-0.3, -0.25) is 19.2 Å². The van der Waals surface area contributed by atoms with Crippen LogP contribution in [0.5, 0.6) is 0 Å². The van der Waals surface area contributed by atoms with Gasteiger partial charge in [0, 0.05) is 25.7 Å². The van der Waals surface area contributed by atoms with Crippen molar-refractivity contribution in [2.45, 2.75) is 103 Å². The Bertz CT molecular complexity index is 504. The van der Waals surface area contributed by atoms with Crippen molar-refractivity contribution >= 4 is 23.8 Å². The van der Waals surface area contributed by atoms with Crippen LogP contribution in [-0.2, 0) is 28.7 Å². The van der Waals surface area contributed by atoms with E-state index in [-0.39, 0.29) is 49.1 Å². The second-order valence-corrected chi connectivity index (χ2v) is 7.83. The first-order valence-electron chi connectivity index (χ1n) is 11.3. The molecule has 0 bridgehead atoms. The second-order valence-electron chi connectivity index (χ2n) is 7.83. The van der Waals surface area contributed by atoms with Gasteiger partial charge in [0.05, 0.1) is 12.1 Å². The number of rotatable bonds is 2. The minimum atomic E-state index is -0.276. The molecular weight excluding hydrogens is 388 g/mol. The highest BCUT2D eigenvalue weighted by atomic mass is 16.5. The molecule has 2 unspecified atom stereocenters. The molecule has 2 N–H and O–H groups in total. The normalized spacial score (nSPS) is 25.0. The smallest absolute Gasteiger partial charge is 0.305 e. The Hall–Kier alpha value is -2.12. The second kappa shape index (κ2) is 15.7. The summed E-state index contributed by atoms with van der Waals surface area (Å²) in [5.41, 5.74) is 0. The summed E-state index contributed by atoms with van der Waals surface area (Å²) in [6, 6.07) is -0.381. The predicted molar refractivity (Wildman–Crippen MR) is 113 cm³/mol. The zero-order valence-corrected chi connectivity index (χ0v) is 18.5. The Morgan fingerprint density at radius 3 is 1.37 bits per heavy atom. The molecule has 1 heterocycles. The van der Waals surface area contributed by atoms with Crippen LogP contribution >= 0.6 is 0 Å². The van der Waals surface area contributed by atoms with Gasteiger partial charge in [-0.05, 0) is 38.5 Å². The molecule has 0 aromatic rings. The summed E-state index contributed by atoms with van der Waals surface area (Å²) in [6.07, 6.45) is 6.91. The summed E-state index contributed by atoms with van der Waals surface area (Å²) in [6.45, 7) is 4.21. The van der Waals surface area contributed by atoms with Crippen LogP contribution in [0, 0.1) is 0 Å². The first-order valence-corrected chi connectivity index (χ1v) is 11.3. The van der Waals surface area contributed by atoms with E-state index >= 15 is 0 Å². The van der Waals surface area contributed by atoms with Crippen LogP contribution in [0.3, 0.4) is 0 Å². The van der Waals surface area contributed by atoms with Gasteiger partial charge >= 0.3 is 11.9 Å². The number of esters is 2. The third-order valence-electron chi connectivity index (χ3n) is 5.18. The van der Waals surface area contributed by atoms with E-state index in [0.717, 1.165) is 12.8 Å². The summed E-state index contributed by atoms with van der Waals surface area (Å²) in [5.74, 6) is -0.683. The third kappa shape index (κ3) is 12.4. The van der Waals surface area contributed by atoms with Crippen molar-refractivity contribution in [2.75, 3.05) is 13.2 Å². The lowest BCUT2D eigenvalue weighted by molar-refractivity contribution is -0.146. The van der Waals surface area contributed by atoms with Crippen LogP contribution in [0.2, 0.25) is 0 Å². The molecule has 2 amide bonds. The van der Waals surface area contributed by atoms with Gasteiger partial charge in [-0.2, -0.15) is 0 Å². The summed E-state index contributed by atoms with van der Waals surface area (Å²) in [7, 11) is 0. The summed E-state index contributed by atoms with van der Waals surface area (Å²) in [5, 5.41) is 5.80. The molecule has 2 atom stereocenters. The van der Waals surface area contributed by atoms with Crippen molar-refractivity contribution < 1.29 is 28.7 Å². The van der Waals surface area contributed by atoms with E-state index < -0.39 is 0 Å². The first-order chi connectivity index (χ1) is 14.4. The Balaban J connectivity index is 2.54. The van der Waals surface area contributed by atoms with Crippen molar-refractivity contribution in [3.8, 4) is 0 Å². The van der Waals surface area contributed by atoms with Crippen molar-refractivity contribution in [3.63, 3.8) is 0 Å². The van der Waals surface area contributed by atoms with Crippen LogP contribution in [0.25, 0.3) is 0 Å². The number of hydrogen-bond donors (Lipinski definition) is 2.